The van der Waals surface area contributed by atoms with Crippen molar-refractivity contribution in [2.24, 2.45) is 5.10 Å². The van der Waals surface area contributed by atoms with Crippen molar-refractivity contribution in [3.63, 3.8) is 0 Å². The number of nitrogens with one attached hydrogen (secondary N) is 1. The van der Waals surface area contributed by atoms with Crippen LogP contribution in [0.15, 0.2) is 22.6 Å². The van der Waals surface area contributed by atoms with E-state index in [4.69, 9.17) is 10.5 Å². The molecule has 0 fully saturated rings. The first-order valence-electron chi connectivity index (χ1n) is 6.25. The second kappa shape index (κ2) is 6.36. The number of aromatic nitrogens is 1. The van der Waals surface area contributed by atoms with E-state index in [9.17, 15) is 4.79 Å². The molecule has 0 amide bonds. The van der Waals surface area contributed by atoms with E-state index in [0.717, 1.165) is 16.7 Å². The highest BCUT2D eigenvalue weighted by molar-refractivity contribution is 7.14. The second-order valence-corrected chi connectivity index (χ2v) is 5.37. The molecule has 0 spiro atoms. The van der Waals surface area contributed by atoms with Gasteiger partial charge in [-0.25, -0.2) is 4.98 Å². The molecule has 1 aromatic carbocycles. The molecule has 2 rings (SSSR count). The van der Waals surface area contributed by atoms with Crippen LogP contribution in [0.1, 0.15) is 23.6 Å². The van der Waals surface area contributed by atoms with Gasteiger partial charge in [0.1, 0.15) is 11.6 Å². The van der Waals surface area contributed by atoms with E-state index in [1.165, 1.54) is 18.3 Å². The van der Waals surface area contributed by atoms with Gasteiger partial charge in [0.15, 0.2) is 0 Å². The molecule has 21 heavy (non-hydrogen) atoms. The fourth-order valence-electron chi connectivity index (χ4n) is 1.85. The minimum atomic E-state index is -0.335. The van der Waals surface area contributed by atoms with Crippen molar-refractivity contribution in [3.8, 4) is 5.75 Å². The number of carbonyl (C=O) groups excluding carboxylic acids is 1. The number of nitrogens with zero attached hydrogens (tertiary/aromatic N) is 2. The van der Waals surface area contributed by atoms with Crippen LogP contribution in [0.25, 0.3) is 0 Å². The van der Waals surface area contributed by atoms with E-state index >= 15 is 0 Å². The summed E-state index contributed by atoms with van der Waals surface area (Å²) in [6, 6.07) is 3.61. The summed E-state index contributed by atoms with van der Waals surface area (Å²) in [4.78, 5) is 15.0. The molecule has 0 saturated heterocycles. The molecule has 1 aromatic heterocycles. The van der Waals surface area contributed by atoms with Gasteiger partial charge in [-0.15, -0.1) is 11.3 Å². The van der Waals surface area contributed by atoms with Crippen LogP contribution < -0.4 is 15.9 Å². The molecule has 0 aliphatic carbocycles. The number of hydrogen-bond acceptors (Lipinski definition) is 7. The normalized spacial score (nSPS) is 10.8. The molecular weight excluding hydrogens is 288 g/mol. The van der Waals surface area contributed by atoms with Gasteiger partial charge in [0.05, 0.1) is 6.21 Å². The average molecular weight is 304 g/mol. The minimum Gasteiger partial charge on any atom is -0.427 e. The number of hydrogen-bond donors (Lipinski definition) is 2. The largest absolute Gasteiger partial charge is 0.427 e. The van der Waals surface area contributed by atoms with E-state index in [2.05, 4.69) is 15.5 Å². The quantitative estimate of drug-likeness (QED) is 0.392. The first-order valence-corrected chi connectivity index (χ1v) is 7.13. The topological polar surface area (TPSA) is 89.6 Å². The predicted octanol–water partition coefficient (Wildman–Crippen LogP) is 2.71. The summed E-state index contributed by atoms with van der Waals surface area (Å²) in [5.41, 5.74) is 11.3. The maximum absolute atomic E-state index is 11.0. The molecule has 0 atom stereocenters. The Morgan fingerprint density at radius 1 is 1.43 bits per heavy atom. The van der Waals surface area contributed by atoms with Gasteiger partial charge in [-0.1, -0.05) is 0 Å². The summed E-state index contributed by atoms with van der Waals surface area (Å²) in [5, 5.41) is 6.52. The van der Waals surface area contributed by atoms with Gasteiger partial charge in [-0.2, -0.15) is 5.10 Å². The molecule has 0 bridgehead atoms. The number of rotatable bonds is 4. The van der Waals surface area contributed by atoms with E-state index in [-0.39, 0.29) is 5.97 Å². The smallest absolute Gasteiger partial charge is 0.308 e. The van der Waals surface area contributed by atoms with Crippen molar-refractivity contribution >= 4 is 34.5 Å². The van der Waals surface area contributed by atoms with Gasteiger partial charge >= 0.3 is 5.97 Å². The first kappa shape index (κ1) is 15.0. The zero-order valence-electron chi connectivity index (χ0n) is 12.0. The summed E-state index contributed by atoms with van der Waals surface area (Å²) in [6.45, 7) is 5.25. The second-order valence-electron chi connectivity index (χ2n) is 4.51. The van der Waals surface area contributed by atoms with Crippen LogP contribution in [0.3, 0.4) is 0 Å². The van der Waals surface area contributed by atoms with E-state index in [0.29, 0.717) is 16.7 Å². The first-order chi connectivity index (χ1) is 9.95. The van der Waals surface area contributed by atoms with Crippen LogP contribution in [0.4, 0.5) is 10.9 Å². The number of hydrazone groups is 1. The van der Waals surface area contributed by atoms with Crippen molar-refractivity contribution in [1.29, 1.82) is 0 Å². The highest BCUT2D eigenvalue weighted by atomic mass is 32.1. The summed E-state index contributed by atoms with van der Waals surface area (Å²) in [6.07, 6.45) is 1.71. The number of anilines is 2. The lowest BCUT2D eigenvalue weighted by atomic mass is 10.0. The highest BCUT2D eigenvalue weighted by Crippen LogP contribution is 2.21. The lowest BCUT2D eigenvalue weighted by molar-refractivity contribution is -0.131. The summed E-state index contributed by atoms with van der Waals surface area (Å²) >= 11 is 1.38. The average Bonchev–Trinajstić information content (AvgIpc) is 2.77. The number of carbonyl (C=O) groups is 1. The Bertz CT molecular complexity index is 671. The number of ether oxygens (including phenoxy) is 1. The molecule has 1 heterocycles. The predicted molar refractivity (Wildman–Crippen MR) is 85.0 cm³/mol. The Morgan fingerprint density at radius 3 is 2.62 bits per heavy atom. The number of esters is 1. The summed E-state index contributed by atoms with van der Waals surface area (Å²) in [5.74, 6) is 0.671. The molecule has 3 N–H and O–H groups in total. The third-order valence-corrected chi connectivity index (χ3v) is 3.47. The molecular formula is C14H16N4O2S. The van der Waals surface area contributed by atoms with Crippen LogP contribution in [0, 0.1) is 13.8 Å². The van der Waals surface area contributed by atoms with Crippen molar-refractivity contribution in [2.45, 2.75) is 20.8 Å². The van der Waals surface area contributed by atoms with Gasteiger partial charge < -0.3 is 10.5 Å². The number of thiazole rings is 1. The zero-order chi connectivity index (χ0) is 15.4. The van der Waals surface area contributed by atoms with Crippen LogP contribution >= 0.6 is 11.3 Å². The van der Waals surface area contributed by atoms with Crippen molar-refractivity contribution < 1.29 is 9.53 Å². The SMILES string of the molecule is CC(=O)Oc1cc(C)c(C=NNc2nc(N)cs2)c(C)c1. The summed E-state index contributed by atoms with van der Waals surface area (Å²) in [7, 11) is 0. The van der Waals surface area contributed by atoms with Gasteiger partial charge in [0.2, 0.25) is 5.13 Å². The monoisotopic (exact) mass is 304 g/mol. The van der Waals surface area contributed by atoms with Gasteiger partial charge in [0.25, 0.3) is 0 Å². The standard InChI is InChI=1S/C14H16N4O2S/c1-8-4-11(20-10(3)19)5-9(2)12(8)6-16-18-14-17-13(15)7-21-14/h4-7H,15H2,1-3H3,(H,17,18). The van der Waals surface area contributed by atoms with Gasteiger partial charge in [0, 0.05) is 17.9 Å². The van der Waals surface area contributed by atoms with E-state index in [1.807, 2.05) is 13.8 Å². The lowest BCUT2D eigenvalue weighted by Crippen LogP contribution is -2.03. The molecule has 2 aromatic rings. The molecule has 0 saturated carbocycles. The maximum atomic E-state index is 11.0. The van der Waals surface area contributed by atoms with E-state index < -0.39 is 0 Å². The van der Waals surface area contributed by atoms with Crippen LogP contribution in [-0.2, 0) is 4.79 Å². The Morgan fingerprint density at radius 2 is 2.10 bits per heavy atom. The molecule has 7 heteroatoms. The van der Waals surface area contributed by atoms with Crippen molar-refractivity contribution in [1.82, 2.24) is 4.98 Å². The molecule has 0 radical (unpaired) electrons. The minimum absolute atomic E-state index is 0.335. The fraction of sp³-hybridized carbons (Fsp3) is 0.214. The fourth-order valence-corrected chi connectivity index (χ4v) is 2.40. The van der Waals surface area contributed by atoms with E-state index in [1.54, 1.807) is 23.7 Å². The molecule has 6 nitrogen and oxygen atoms in total. The molecule has 0 aliphatic heterocycles. The summed E-state index contributed by atoms with van der Waals surface area (Å²) < 4.78 is 5.09. The van der Waals surface area contributed by atoms with Crippen LogP contribution in [0.5, 0.6) is 5.75 Å². The molecule has 0 aliphatic rings. The van der Waals surface area contributed by atoms with Crippen LogP contribution in [0.2, 0.25) is 0 Å². The molecule has 110 valence electrons. The van der Waals surface area contributed by atoms with Crippen molar-refractivity contribution in [2.75, 3.05) is 11.2 Å². The van der Waals surface area contributed by atoms with Crippen LogP contribution in [-0.4, -0.2) is 17.2 Å². The number of benzene rings is 1. The Hall–Kier alpha value is -2.41. The highest BCUT2D eigenvalue weighted by Gasteiger charge is 2.06. The maximum Gasteiger partial charge on any atom is 0.308 e. The molecule has 0 unspecified atom stereocenters. The zero-order valence-corrected chi connectivity index (χ0v) is 12.8. The van der Waals surface area contributed by atoms with Gasteiger partial charge in [-0.05, 0) is 37.1 Å². The Kier molecular flexibility index (Phi) is 4.54. The van der Waals surface area contributed by atoms with Gasteiger partial charge in [-0.3, -0.25) is 10.2 Å². The Labute approximate surface area is 126 Å². The third kappa shape index (κ3) is 4.03. The lowest BCUT2D eigenvalue weighted by Gasteiger charge is -2.08. The Balaban J connectivity index is 2.14. The number of aryl methyl sites for hydroxylation is 2. The van der Waals surface area contributed by atoms with Crippen molar-refractivity contribution in [3.05, 3.63) is 34.2 Å². The number of nitrogen functional groups attached to an aromatic ring is 1. The number of nitrogens with two attached hydrogens (primary N) is 1. The third-order valence-electron chi connectivity index (χ3n) is 2.70.